The zero-order valence-electron chi connectivity index (χ0n) is 37.1. The number of nitrogens with zero attached hydrogens (tertiary/aromatic N) is 12. The van der Waals surface area contributed by atoms with Crippen molar-refractivity contribution in [3.63, 3.8) is 0 Å². The van der Waals surface area contributed by atoms with E-state index in [9.17, 15) is 0 Å². The first-order valence-corrected chi connectivity index (χ1v) is 21.7. The van der Waals surface area contributed by atoms with Crippen molar-refractivity contribution >= 4 is 24.3 Å². The van der Waals surface area contributed by atoms with Gasteiger partial charge in [0.25, 0.3) is 0 Å². The third-order valence-corrected chi connectivity index (χ3v) is 11.7. The van der Waals surface area contributed by atoms with Gasteiger partial charge in [0.2, 0.25) is 0 Å². The van der Waals surface area contributed by atoms with E-state index in [1.807, 2.05) is 106 Å². The van der Waals surface area contributed by atoms with Crippen LogP contribution in [-0.4, -0.2) is 72.8 Å². The molecule has 14 heteroatoms. The first-order chi connectivity index (χ1) is 31.2. The van der Waals surface area contributed by atoms with Crippen molar-refractivity contribution < 1.29 is 9.47 Å². The summed E-state index contributed by atoms with van der Waals surface area (Å²) in [5.74, 6) is 7.54. The van der Waals surface area contributed by atoms with Crippen molar-refractivity contribution in [2.75, 3.05) is 14.2 Å². The molecule has 64 heavy (non-hydrogen) atoms. The van der Waals surface area contributed by atoms with E-state index in [1.54, 1.807) is 26.9 Å². The van der Waals surface area contributed by atoms with Gasteiger partial charge in [0.15, 0.2) is 11.6 Å². The number of imidazole rings is 2. The Labute approximate surface area is 373 Å². The molecule has 0 fully saturated rings. The normalized spacial score (nSPS) is 15.8. The molecule has 2 aliphatic rings. The van der Waals surface area contributed by atoms with Crippen LogP contribution in [-0.2, 0) is 13.1 Å². The van der Waals surface area contributed by atoms with Crippen LogP contribution in [0.3, 0.4) is 0 Å². The second kappa shape index (κ2) is 18.5. The molecule has 0 N–H and O–H groups in total. The first kappa shape index (κ1) is 41.9. The van der Waals surface area contributed by atoms with Gasteiger partial charge in [-0.3, -0.25) is 9.13 Å². The number of hydrogen-bond acceptors (Lipinski definition) is 10. The average Bonchev–Trinajstić information content (AvgIpc) is 4.14. The minimum Gasteiger partial charge on any atom is -0.497 e. The number of methoxy groups -OCH3 is 2. The van der Waals surface area contributed by atoms with Gasteiger partial charge in [-0.1, -0.05) is 24.3 Å². The number of rotatable bonds is 10. The lowest BCUT2D eigenvalue weighted by atomic mass is 9.91. The van der Waals surface area contributed by atoms with Gasteiger partial charge in [0.05, 0.1) is 25.6 Å². The van der Waals surface area contributed by atoms with E-state index in [2.05, 4.69) is 70.2 Å². The Morgan fingerprint density at radius 1 is 0.547 bits per heavy atom. The Morgan fingerprint density at radius 2 is 0.969 bits per heavy atom. The number of benzene rings is 2. The van der Waals surface area contributed by atoms with Crippen LogP contribution in [0.15, 0.2) is 98.1 Å². The molecule has 8 heterocycles. The highest BCUT2D eigenvalue weighted by molar-refractivity contribution is 5.68. The Kier molecular flexibility index (Phi) is 12.1. The SMILES string of the molecule is COc1ccc([C@@H]2CCCn3nc(/C=C/c4cnc(-n5cnc(C)c5)c(C)c4)nc32)cc1.COc1ccc([C@H]2CCCn3nc(/C=C/c4cnc(-n5cnc(C)c5)c(C)c4)nc32)cc1. The van der Waals surface area contributed by atoms with Crippen molar-refractivity contribution in [1.82, 2.24) is 58.6 Å². The van der Waals surface area contributed by atoms with Crippen molar-refractivity contribution in [1.29, 1.82) is 0 Å². The molecule has 324 valence electrons. The van der Waals surface area contributed by atoms with Gasteiger partial charge in [0, 0.05) is 49.7 Å². The average molecular weight is 853 g/mol. The van der Waals surface area contributed by atoms with Crippen LogP contribution in [0.5, 0.6) is 11.5 Å². The van der Waals surface area contributed by atoms with E-state index in [0.717, 1.165) is 119 Å². The van der Waals surface area contributed by atoms with Crippen LogP contribution in [0.4, 0.5) is 0 Å². The highest BCUT2D eigenvalue weighted by Crippen LogP contribution is 2.34. The highest BCUT2D eigenvalue weighted by Gasteiger charge is 2.27. The first-order valence-electron chi connectivity index (χ1n) is 21.7. The predicted molar refractivity (Wildman–Crippen MR) is 248 cm³/mol. The van der Waals surface area contributed by atoms with Gasteiger partial charge in [-0.2, -0.15) is 10.2 Å². The van der Waals surface area contributed by atoms with Gasteiger partial charge >= 0.3 is 0 Å². The summed E-state index contributed by atoms with van der Waals surface area (Å²) in [5, 5.41) is 9.45. The van der Waals surface area contributed by atoms with E-state index < -0.39 is 0 Å². The molecular formula is C50H52N12O2. The molecule has 0 amide bonds. The molecule has 0 radical (unpaired) electrons. The minimum absolute atomic E-state index is 0.256. The fourth-order valence-corrected chi connectivity index (χ4v) is 8.50. The standard InChI is InChI=1S/2C25H26N6O/c2*1-17-13-19(14-26-24(17)30-15-18(2)27-16-30)6-11-23-28-25-22(5-4-12-31(25)29-23)20-7-9-21(32-3)10-8-20/h2*6-11,13-16,22H,4-5,12H2,1-3H3/b2*11-6+/t2*22-/m10/s1. The molecule has 0 unspecified atom stereocenters. The lowest BCUT2D eigenvalue weighted by molar-refractivity contribution is 0.413. The lowest BCUT2D eigenvalue weighted by Crippen LogP contribution is -2.17. The van der Waals surface area contributed by atoms with Gasteiger partial charge in [0.1, 0.15) is 47.4 Å². The molecule has 8 aromatic rings. The van der Waals surface area contributed by atoms with Crippen molar-refractivity contribution in [2.45, 2.75) is 78.3 Å². The molecule has 0 aliphatic carbocycles. The predicted octanol–water partition coefficient (Wildman–Crippen LogP) is 9.16. The maximum absolute atomic E-state index is 5.29. The Morgan fingerprint density at radius 3 is 1.33 bits per heavy atom. The Hall–Kier alpha value is -7.48. The number of aromatic nitrogens is 12. The highest BCUT2D eigenvalue weighted by atomic mass is 16.5. The summed E-state index contributed by atoms with van der Waals surface area (Å²) in [6, 6.07) is 20.8. The Bertz CT molecular complexity index is 2740. The molecule has 2 atom stereocenters. The maximum Gasteiger partial charge on any atom is 0.174 e. The van der Waals surface area contributed by atoms with Gasteiger partial charge in [-0.15, -0.1) is 0 Å². The fraction of sp³-hybridized carbons (Fsp3) is 0.280. The van der Waals surface area contributed by atoms with Crippen molar-refractivity contribution in [3.05, 3.63) is 166 Å². The van der Waals surface area contributed by atoms with Gasteiger partial charge < -0.3 is 9.47 Å². The second-order valence-corrected chi connectivity index (χ2v) is 16.4. The molecule has 0 saturated carbocycles. The summed E-state index contributed by atoms with van der Waals surface area (Å²) in [7, 11) is 3.38. The fourth-order valence-electron chi connectivity index (χ4n) is 8.50. The van der Waals surface area contributed by atoms with Crippen LogP contribution in [0.25, 0.3) is 35.9 Å². The van der Waals surface area contributed by atoms with E-state index in [0.29, 0.717) is 0 Å². The zero-order chi connectivity index (χ0) is 44.2. The van der Waals surface area contributed by atoms with Crippen molar-refractivity contribution in [3.8, 4) is 23.1 Å². The molecule has 0 spiro atoms. The largest absolute Gasteiger partial charge is 0.497 e. The summed E-state index contributed by atoms with van der Waals surface area (Å²) in [6.07, 6.45) is 23.6. The van der Waals surface area contributed by atoms with Crippen LogP contribution in [0.1, 0.15) is 106 Å². The second-order valence-electron chi connectivity index (χ2n) is 16.4. The molecule has 14 nitrogen and oxygen atoms in total. The number of aryl methyl sites for hydroxylation is 6. The summed E-state index contributed by atoms with van der Waals surface area (Å²) >= 11 is 0. The zero-order valence-corrected chi connectivity index (χ0v) is 37.1. The monoisotopic (exact) mass is 852 g/mol. The van der Waals surface area contributed by atoms with E-state index in [4.69, 9.17) is 29.6 Å². The number of fused-ring (bicyclic) bond motifs is 2. The quantitative estimate of drug-likeness (QED) is 0.131. The van der Waals surface area contributed by atoms with Crippen LogP contribution < -0.4 is 9.47 Å². The molecule has 2 aromatic carbocycles. The molecule has 6 aromatic heterocycles. The van der Waals surface area contributed by atoms with E-state index in [1.165, 1.54) is 11.1 Å². The third-order valence-electron chi connectivity index (χ3n) is 11.7. The molecular weight excluding hydrogens is 801 g/mol. The summed E-state index contributed by atoms with van der Waals surface area (Å²) < 4.78 is 18.6. The van der Waals surface area contributed by atoms with E-state index in [-0.39, 0.29) is 11.8 Å². The summed E-state index contributed by atoms with van der Waals surface area (Å²) in [5.41, 5.74) is 8.64. The van der Waals surface area contributed by atoms with Gasteiger partial charge in [-0.25, -0.2) is 39.3 Å². The van der Waals surface area contributed by atoms with Crippen LogP contribution in [0.2, 0.25) is 0 Å². The Balaban J connectivity index is 0.000000162. The molecule has 2 aliphatic heterocycles. The molecule has 10 rings (SSSR count). The smallest absolute Gasteiger partial charge is 0.174 e. The van der Waals surface area contributed by atoms with E-state index >= 15 is 0 Å². The number of hydrogen-bond donors (Lipinski definition) is 0. The van der Waals surface area contributed by atoms with Crippen molar-refractivity contribution in [2.24, 2.45) is 0 Å². The number of ether oxygens (including phenoxy) is 2. The van der Waals surface area contributed by atoms with Gasteiger partial charge in [-0.05, 0) is 147 Å². The maximum atomic E-state index is 5.29. The number of pyridine rings is 2. The topological polar surface area (TPSA) is 141 Å². The summed E-state index contributed by atoms with van der Waals surface area (Å²) in [4.78, 5) is 27.5. The third kappa shape index (κ3) is 9.17. The molecule has 0 bridgehead atoms. The van der Waals surface area contributed by atoms with Crippen LogP contribution in [0, 0.1) is 27.7 Å². The van der Waals surface area contributed by atoms with Crippen LogP contribution >= 0.6 is 0 Å². The minimum atomic E-state index is 0.256. The molecule has 0 saturated heterocycles. The lowest BCUT2D eigenvalue weighted by Gasteiger charge is -2.22. The summed E-state index contributed by atoms with van der Waals surface area (Å²) in [6.45, 7) is 9.87.